The van der Waals surface area contributed by atoms with Crippen LogP contribution in [0.25, 0.3) is 0 Å². The van der Waals surface area contributed by atoms with Crippen LogP contribution in [-0.4, -0.2) is 36.1 Å². The number of hydrogen-bond donors (Lipinski definition) is 1. The Kier molecular flexibility index (Phi) is 3.93. The third-order valence-electron chi connectivity index (χ3n) is 2.41. The largest absolute Gasteiger partial charge is 0.377 e. The molecular weight excluding hydrogens is 190 g/mol. The van der Waals surface area contributed by atoms with Crippen molar-refractivity contribution in [3.05, 3.63) is 30.1 Å². The Balaban J connectivity index is 1.60. The number of aromatic nitrogens is 2. The van der Waals surface area contributed by atoms with E-state index in [1.165, 1.54) is 5.57 Å². The maximum atomic E-state index is 5.36. The highest BCUT2D eigenvalue weighted by atomic mass is 16.5. The van der Waals surface area contributed by atoms with Crippen molar-refractivity contribution in [1.29, 1.82) is 0 Å². The van der Waals surface area contributed by atoms with Gasteiger partial charge in [-0.2, -0.15) is 5.10 Å². The molecule has 1 N–H and O–H groups in total. The predicted octanol–water partition coefficient (Wildman–Crippen LogP) is 0.819. The molecule has 4 nitrogen and oxygen atoms in total. The summed E-state index contributed by atoms with van der Waals surface area (Å²) in [6.45, 7) is 4.45. The molecule has 0 bridgehead atoms. The van der Waals surface area contributed by atoms with E-state index in [2.05, 4.69) is 16.5 Å². The van der Waals surface area contributed by atoms with Crippen LogP contribution in [-0.2, 0) is 11.3 Å². The van der Waals surface area contributed by atoms with Gasteiger partial charge in [-0.1, -0.05) is 6.08 Å². The second kappa shape index (κ2) is 5.68. The number of nitrogens with one attached hydrogen (secondary N) is 1. The number of nitrogens with zero attached hydrogens (tertiary/aromatic N) is 2. The summed E-state index contributed by atoms with van der Waals surface area (Å²) in [6.07, 6.45) is 7.10. The minimum atomic E-state index is 0.786. The number of rotatable bonds is 5. The van der Waals surface area contributed by atoms with Crippen LogP contribution in [0.15, 0.2) is 30.1 Å². The molecule has 0 fully saturated rings. The van der Waals surface area contributed by atoms with E-state index in [1.54, 1.807) is 6.20 Å². The van der Waals surface area contributed by atoms with Crippen LogP contribution in [0.4, 0.5) is 0 Å². The molecule has 1 aliphatic rings. The zero-order valence-electron chi connectivity index (χ0n) is 8.85. The van der Waals surface area contributed by atoms with Gasteiger partial charge in [0.25, 0.3) is 0 Å². The minimum absolute atomic E-state index is 0.786. The van der Waals surface area contributed by atoms with Gasteiger partial charge in [0, 0.05) is 25.5 Å². The number of hydrogen-bond acceptors (Lipinski definition) is 3. The second-order valence-electron chi connectivity index (χ2n) is 3.65. The van der Waals surface area contributed by atoms with Crippen LogP contribution in [0.1, 0.15) is 6.42 Å². The molecule has 15 heavy (non-hydrogen) atoms. The van der Waals surface area contributed by atoms with E-state index in [0.29, 0.717) is 0 Å². The van der Waals surface area contributed by atoms with Crippen LogP contribution in [0.5, 0.6) is 0 Å². The SMILES string of the molecule is C1=C(CNCCn2cccn2)COCC1. The van der Waals surface area contributed by atoms with E-state index in [9.17, 15) is 0 Å². The highest BCUT2D eigenvalue weighted by Gasteiger charge is 2.02. The monoisotopic (exact) mass is 207 g/mol. The van der Waals surface area contributed by atoms with Gasteiger partial charge in [0.15, 0.2) is 0 Å². The maximum Gasteiger partial charge on any atom is 0.0689 e. The molecule has 0 aliphatic carbocycles. The normalized spacial score (nSPS) is 16.4. The molecule has 0 radical (unpaired) electrons. The molecule has 2 heterocycles. The van der Waals surface area contributed by atoms with Gasteiger partial charge in [0.05, 0.1) is 19.8 Å². The third-order valence-corrected chi connectivity index (χ3v) is 2.41. The molecule has 0 spiro atoms. The van der Waals surface area contributed by atoms with Crippen LogP contribution >= 0.6 is 0 Å². The molecule has 82 valence electrons. The van der Waals surface area contributed by atoms with E-state index in [-0.39, 0.29) is 0 Å². The smallest absolute Gasteiger partial charge is 0.0689 e. The van der Waals surface area contributed by atoms with Gasteiger partial charge in [0.2, 0.25) is 0 Å². The van der Waals surface area contributed by atoms with E-state index < -0.39 is 0 Å². The average molecular weight is 207 g/mol. The van der Waals surface area contributed by atoms with Gasteiger partial charge in [0.1, 0.15) is 0 Å². The fourth-order valence-electron chi connectivity index (χ4n) is 1.61. The Hall–Kier alpha value is -1.13. The fraction of sp³-hybridized carbons (Fsp3) is 0.545. The highest BCUT2D eigenvalue weighted by Crippen LogP contribution is 2.03. The van der Waals surface area contributed by atoms with Crippen LogP contribution in [0, 0.1) is 0 Å². The Bertz CT molecular complexity index is 306. The van der Waals surface area contributed by atoms with Gasteiger partial charge in [-0.15, -0.1) is 0 Å². The first-order chi connectivity index (χ1) is 7.45. The average Bonchev–Trinajstić information content (AvgIpc) is 2.79. The van der Waals surface area contributed by atoms with Crippen molar-refractivity contribution in [1.82, 2.24) is 15.1 Å². The quantitative estimate of drug-likeness (QED) is 0.574. The molecule has 0 saturated carbocycles. The summed E-state index contributed by atoms with van der Waals surface area (Å²) in [6, 6.07) is 1.94. The van der Waals surface area contributed by atoms with Gasteiger partial charge in [-0.3, -0.25) is 4.68 Å². The topological polar surface area (TPSA) is 39.1 Å². The highest BCUT2D eigenvalue weighted by molar-refractivity contribution is 5.06. The first-order valence-corrected chi connectivity index (χ1v) is 5.39. The molecule has 1 aromatic heterocycles. The molecule has 0 amide bonds. The molecule has 0 saturated heterocycles. The Morgan fingerprint density at radius 2 is 2.53 bits per heavy atom. The second-order valence-corrected chi connectivity index (χ2v) is 3.65. The maximum absolute atomic E-state index is 5.36. The van der Waals surface area contributed by atoms with Crippen LogP contribution in [0.3, 0.4) is 0 Å². The van der Waals surface area contributed by atoms with Crippen molar-refractivity contribution >= 4 is 0 Å². The fourth-order valence-corrected chi connectivity index (χ4v) is 1.61. The first kappa shape index (κ1) is 10.4. The standard InChI is InChI=1S/C11H17N3O/c1-3-11(10-15-8-1)9-12-5-7-14-6-2-4-13-14/h2-4,6,12H,1,5,7-10H2. The zero-order chi connectivity index (χ0) is 10.3. The van der Waals surface area contributed by atoms with Crippen molar-refractivity contribution in [2.45, 2.75) is 13.0 Å². The Morgan fingerprint density at radius 1 is 1.53 bits per heavy atom. The lowest BCUT2D eigenvalue weighted by atomic mass is 10.2. The molecule has 1 aliphatic heterocycles. The van der Waals surface area contributed by atoms with Crippen molar-refractivity contribution in [3.8, 4) is 0 Å². The summed E-state index contributed by atoms with van der Waals surface area (Å²) < 4.78 is 7.29. The molecular formula is C11H17N3O. The number of ether oxygens (including phenoxy) is 1. The van der Waals surface area contributed by atoms with Crippen molar-refractivity contribution in [3.63, 3.8) is 0 Å². The van der Waals surface area contributed by atoms with Gasteiger partial charge in [-0.05, 0) is 18.1 Å². The van der Waals surface area contributed by atoms with Crippen LogP contribution < -0.4 is 5.32 Å². The first-order valence-electron chi connectivity index (χ1n) is 5.39. The lowest BCUT2D eigenvalue weighted by Gasteiger charge is -2.14. The van der Waals surface area contributed by atoms with Crippen molar-refractivity contribution in [2.75, 3.05) is 26.3 Å². The van der Waals surface area contributed by atoms with E-state index in [0.717, 1.165) is 39.3 Å². The summed E-state index contributed by atoms with van der Waals surface area (Å²) in [5, 5.41) is 7.52. The van der Waals surface area contributed by atoms with E-state index >= 15 is 0 Å². The summed E-state index contributed by atoms with van der Waals surface area (Å²) in [5.41, 5.74) is 1.36. The summed E-state index contributed by atoms with van der Waals surface area (Å²) in [5.74, 6) is 0. The van der Waals surface area contributed by atoms with Gasteiger partial charge < -0.3 is 10.1 Å². The molecule has 1 aromatic rings. The van der Waals surface area contributed by atoms with Crippen LogP contribution in [0.2, 0.25) is 0 Å². The Labute approximate surface area is 89.9 Å². The summed E-state index contributed by atoms with van der Waals surface area (Å²) >= 11 is 0. The summed E-state index contributed by atoms with van der Waals surface area (Å²) in [4.78, 5) is 0. The predicted molar refractivity (Wildman–Crippen MR) is 58.6 cm³/mol. The molecule has 4 heteroatoms. The van der Waals surface area contributed by atoms with Gasteiger partial charge in [-0.25, -0.2) is 0 Å². The Morgan fingerprint density at radius 3 is 3.27 bits per heavy atom. The summed E-state index contributed by atoms with van der Waals surface area (Å²) in [7, 11) is 0. The minimum Gasteiger partial charge on any atom is -0.377 e. The lowest BCUT2D eigenvalue weighted by Crippen LogP contribution is -2.25. The molecule has 0 atom stereocenters. The van der Waals surface area contributed by atoms with E-state index in [1.807, 2.05) is 16.9 Å². The van der Waals surface area contributed by atoms with E-state index in [4.69, 9.17) is 4.74 Å². The van der Waals surface area contributed by atoms with Gasteiger partial charge >= 0.3 is 0 Å². The molecule has 0 unspecified atom stereocenters. The molecule has 2 rings (SSSR count). The third kappa shape index (κ3) is 3.49. The van der Waals surface area contributed by atoms with Crippen molar-refractivity contribution < 1.29 is 4.74 Å². The molecule has 0 aromatic carbocycles. The zero-order valence-corrected chi connectivity index (χ0v) is 8.85. The van der Waals surface area contributed by atoms with Crippen molar-refractivity contribution in [2.24, 2.45) is 0 Å². The lowest BCUT2D eigenvalue weighted by molar-refractivity contribution is 0.149.